The zero-order chi connectivity index (χ0) is 22.0. The Balaban J connectivity index is 1.44. The molecule has 0 saturated carbocycles. The number of benzene rings is 3. The van der Waals surface area contributed by atoms with Crippen molar-refractivity contribution in [1.29, 1.82) is 0 Å². The average Bonchev–Trinajstić information content (AvgIpc) is 2.88. The molecule has 0 aliphatic carbocycles. The van der Waals surface area contributed by atoms with Crippen LogP contribution in [-0.4, -0.2) is 69.0 Å². The lowest BCUT2D eigenvalue weighted by Crippen LogP contribution is -2.46. The first kappa shape index (κ1) is 21.6. The molecule has 0 aromatic heterocycles. The van der Waals surface area contributed by atoms with E-state index in [1.165, 1.54) is 10.8 Å². The molecule has 3 aromatic rings. The molecule has 0 amide bonds. The molecule has 0 N–H and O–H groups in total. The fourth-order valence-electron chi connectivity index (χ4n) is 4.56. The molecule has 0 atom stereocenters. The Morgan fingerprint density at radius 1 is 0.719 bits per heavy atom. The van der Waals surface area contributed by atoms with Crippen molar-refractivity contribution in [3.8, 4) is 0 Å². The van der Waals surface area contributed by atoms with Crippen molar-refractivity contribution in [3.63, 3.8) is 0 Å². The van der Waals surface area contributed by atoms with Gasteiger partial charge in [0.05, 0.1) is 26.4 Å². The Morgan fingerprint density at radius 3 is 1.84 bits per heavy atom. The zero-order valence-electron chi connectivity index (χ0n) is 18.5. The van der Waals surface area contributed by atoms with Crippen molar-refractivity contribution in [2.75, 3.05) is 64.6 Å². The lowest BCUT2D eigenvalue weighted by atomic mass is 10.1. The monoisotopic (exact) mass is 451 g/mol. The maximum atomic E-state index is 14.5. The van der Waals surface area contributed by atoms with Gasteiger partial charge in [0.1, 0.15) is 0 Å². The van der Waals surface area contributed by atoms with E-state index in [2.05, 4.69) is 75.9 Å². The van der Waals surface area contributed by atoms with E-state index in [9.17, 15) is 4.57 Å². The molecule has 2 aliphatic rings. The van der Waals surface area contributed by atoms with Crippen molar-refractivity contribution < 1.29 is 14.0 Å². The summed E-state index contributed by atoms with van der Waals surface area (Å²) >= 11 is 0. The van der Waals surface area contributed by atoms with Crippen LogP contribution in [0.2, 0.25) is 0 Å². The Kier molecular flexibility index (Phi) is 6.31. The van der Waals surface area contributed by atoms with E-state index >= 15 is 0 Å². The molecule has 2 heterocycles. The third kappa shape index (κ3) is 4.09. The number of rotatable bonds is 5. The van der Waals surface area contributed by atoms with Crippen LogP contribution in [0.25, 0.3) is 10.8 Å². The van der Waals surface area contributed by atoms with E-state index in [0.717, 1.165) is 16.7 Å². The van der Waals surface area contributed by atoms with Crippen molar-refractivity contribution in [2.24, 2.45) is 0 Å². The summed E-state index contributed by atoms with van der Waals surface area (Å²) < 4.78 is 29.9. The Hall–Kier alpha value is -2.21. The van der Waals surface area contributed by atoms with Crippen molar-refractivity contribution in [1.82, 2.24) is 9.34 Å². The predicted octanol–water partition coefficient (Wildman–Crippen LogP) is 4.09. The minimum atomic E-state index is -2.89. The molecule has 0 bridgehead atoms. The highest BCUT2D eigenvalue weighted by molar-refractivity contribution is 7.67. The highest BCUT2D eigenvalue weighted by Gasteiger charge is 2.40. The van der Waals surface area contributed by atoms with Gasteiger partial charge in [-0.15, -0.1) is 0 Å². The minimum absolute atomic E-state index is 0.622. The Morgan fingerprint density at radius 2 is 1.25 bits per heavy atom. The Bertz CT molecular complexity index is 1090. The second-order valence-electron chi connectivity index (χ2n) is 8.28. The lowest BCUT2D eigenvalue weighted by molar-refractivity contribution is 0.0538. The topological polar surface area (TPSA) is 45.2 Å². The van der Waals surface area contributed by atoms with Gasteiger partial charge in [0.25, 0.3) is 0 Å². The molecule has 32 heavy (non-hydrogen) atoms. The summed E-state index contributed by atoms with van der Waals surface area (Å²) in [5.74, 6) is 0. The van der Waals surface area contributed by atoms with Crippen molar-refractivity contribution >= 4 is 34.9 Å². The third-order valence-corrected chi connectivity index (χ3v) is 9.74. The summed E-state index contributed by atoms with van der Waals surface area (Å²) in [6.45, 7) is 5.24. The molecule has 6 nitrogen and oxygen atoms in total. The summed E-state index contributed by atoms with van der Waals surface area (Å²) in [6.07, 6.45) is 0. The van der Waals surface area contributed by atoms with Crippen LogP contribution < -0.4 is 10.2 Å². The standard InChI is InChI=1S/C25H30N3O3P/c1-26(24-7-6-21-4-2-3-5-22(21)20-24)23-8-10-25(11-9-23)32(29,27-12-16-30-17-13-27)28-14-18-31-19-15-28/h2-11,20H,12-19H2,1H3. The van der Waals surface area contributed by atoms with Gasteiger partial charge >= 0.3 is 0 Å². The van der Waals surface area contributed by atoms with Crippen molar-refractivity contribution in [2.45, 2.75) is 0 Å². The maximum absolute atomic E-state index is 14.5. The second-order valence-corrected chi connectivity index (χ2v) is 11.0. The molecule has 2 fully saturated rings. The van der Waals surface area contributed by atoms with Gasteiger partial charge in [-0.2, -0.15) is 0 Å². The summed E-state index contributed by atoms with van der Waals surface area (Å²) in [5.41, 5.74) is 2.19. The van der Waals surface area contributed by atoms with Crippen LogP contribution >= 0.6 is 7.44 Å². The highest BCUT2D eigenvalue weighted by Crippen LogP contribution is 2.52. The molecular weight excluding hydrogens is 421 g/mol. The van der Waals surface area contributed by atoms with E-state index < -0.39 is 7.44 Å². The van der Waals surface area contributed by atoms with Crippen molar-refractivity contribution in [3.05, 3.63) is 66.7 Å². The smallest absolute Gasteiger partial charge is 0.246 e. The fraction of sp³-hybridized carbons (Fsp3) is 0.360. The van der Waals surface area contributed by atoms with Crippen LogP contribution in [-0.2, 0) is 14.0 Å². The van der Waals surface area contributed by atoms with Gasteiger partial charge in [-0.25, -0.2) is 9.34 Å². The molecule has 168 valence electrons. The molecule has 2 aliphatic heterocycles. The average molecular weight is 452 g/mol. The fourth-order valence-corrected chi connectivity index (χ4v) is 7.52. The van der Waals surface area contributed by atoms with Crippen LogP contribution in [0.15, 0.2) is 66.7 Å². The van der Waals surface area contributed by atoms with Crippen LogP contribution in [0.1, 0.15) is 0 Å². The number of morpholine rings is 2. The molecule has 3 aromatic carbocycles. The van der Waals surface area contributed by atoms with E-state index in [1.54, 1.807) is 0 Å². The normalized spacial score (nSPS) is 18.7. The van der Waals surface area contributed by atoms with Gasteiger partial charge in [-0.1, -0.05) is 30.3 Å². The molecule has 0 radical (unpaired) electrons. The number of hydrogen-bond donors (Lipinski definition) is 0. The first-order valence-corrected chi connectivity index (χ1v) is 12.9. The van der Waals surface area contributed by atoms with Gasteiger partial charge in [0.2, 0.25) is 7.44 Å². The number of ether oxygens (including phenoxy) is 2. The predicted molar refractivity (Wildman–Crippen MR) is 130 cm³/mol. The van der Waals surface area contributed by atoms with E-state index in [-0.39, 0.29) is 0 Å². The first-order chi connectivity index (χ1) is 15.7. The van der Waals surface area contributed by atoms with Gasteiger partial charge in [-0.05, 0) is 47.2 Å². The largest absolute Gasteiger partial charge is 0.379 e. The van der Waals surface area contributed by atoms with E-state index in [1.807, 2.05) is 12.1 Å². The van der Waals surface area contributed by atoms with Crippen LogP contribution in [0.3, 0.4) is 0 Å². The number of fused-ring (bicyclic) bond motifs is 1. The number of hydrogen-bond acceptors (Lipinski definition) is 4. The van der Waals surface area contributed by atoms with E-state index in [0.29, 0.717) is 52.6 Å². The maximum Gasteiger partial charge on any atom is 0.246 e. The minimum Gasteiger partial charge on any atom is -0.379 e. The molecule has 2 saturated heterocycles. The van der Waals surface area contributed by atoms with Crippen LogP contribution in [0, 0.1) is 0 Å². The quantitative estimate of drug-likeness (QED) is 0.545. The van der Waals surface area contributed by atoms with E-state index in [4.69, 9.17) is 9.47 Å². The summed E-state index contributed by atoms with van der Waals surface area (Å²) in [4.78, 5) is 2.17. The van der Waals surface area contributed by atoms with Gasteiger partial charge in [0.15, 0.2) is 0 Å². The molecule has 0 spiro atoms. The Labute approximate surface area is 189 Å². The molecule has 7 heteroatoms. The number of nitrogens with zero attached hydrogens (tertiary/aromatic N) is 3. The molecule has 5 rings (SSSR count). The number of anilines is 2. The second kappa shape index (κ2) is 9.34. The summed E-state index contributed by atoms with van der Waals surface area (Å²) in [6, 6.07) is 23.1. The highest BCUT2D eigenvalue weighted by atomic mass is 31.2. The van der Waals surface area contributed by atoms with Gasteiger partial charge < -0.3 is 14.4 Å². The molecular formula is C25H30N3O3P. The SMILES string of the molecule is CN(c1ccc(P(=O)(N2CCOCC2)N2CCOCC2)cc1)c1ccc2ccccc2c1. The first-order valence-electron chi connectivity index (χ1n) is 11.3. The van der Waals surface area contributed by atoms with Gasteiger partial charge in [-0.3, -0.25) is 4.57 Å². The zero-order valence-corrected chi connectivity index (χ0v) is 19.4. The third-order valence-electron chi connectivity index (χ3n) is 6.44. The van der Waals surface area contributed by atoms with Crippen LogP contribution in [0.4, 0.5) is 11.4 Å². The summed E-state index contributed by atoms with van der Waals surface area (Å²) in [5, 5.41) is 3.34. The molecule has 0 unspecified atom stereocenters. The summed E-state index contributed by atoms with van der Waals surface area (Å²) in [7, 11) is -0.817. The van der Waals surface area contributed by atoms with Crippen LogP contribution in [0.5, 0.6) is 0 Å². The lowest BCUT2D eigenvalue weighted by Gasteiger charge is -2.42. The van der Waals surface area contributed by atoms with Gasteiger partial charge in [0, 0.05) is 49.9 Å².